The third-order valence-corrected chi connectivity index (χ3v) is 11.5. The van der Waals surface area contributed by atoms with Crippen molar-refractivity contribution in [3.05, 3.63) is 93.0 Å². The summed E-state index contributed by atoms with van der Waals surface area (Å²) in [5, 5.41) is 6.46. The largest absolute Gasteiger partial charge is 0.491 e. The number of nitrogens with one attached hydrogen (secondary N) is 2. The van der Waals surface area contributed by atoms with E-state index < -0.39 is 48.9 Å². The normalized spacial score (nSPS) is 21.7. The maximum Gasteiger partial charge on any atom is 0.238 e. The average molecular weight is 664 g/mol. The van der Waals surface area contributed by atoms with Crippen LogP contribution >= 0.6 is 23.2 Å². The Bertz CT molecular complexity index is 1570. The first-order valence-corrected chi connectivity index (χ1v) is 18.8. The highest BCUT2D eigenvalue weighted by Crippen LogP contribution is 2.59. The highest BCUT2D eigenvalue weighted by Gasteiger charge is 2.62. The summed E-state index contributed by atoms with van der Waals surface area (Å²) in [5.41, 5.74) is 0.255. The van der Waals surface area contributed by atoms with Crippen molar-refractivity contribution in [1.82, 2.24) is 5.32 Å². The molecule has 2 aliphatic heterocycles. The smallest absolute Gasteiger partial charge is 0.238 e. The van der Waals surface area contributed by atoms with Gasteiger partial charge in [0, 0.05) is 40.9 Å². The quantitative estimate of drug-likeness (QED) is 0.261. The lowest BCUT2D eigenvalue weighted by molar-refractivity contribution is -0.131. The molecule has 1 saturated heterocycles. The van der Waals surface area contributed by atoms with Crippen LogP contribution in [0.1, 0.15) is 55.8 Å². The predicted molar refractivity (Wildman–Crippen MR) is 173 cm³/mol. The molecule has 2 amide bonds. The molecule has 0 radical (unpaired) electrons. The number of halogens is 4. The first-order valence-electron chi connectivity index (χ1n) is 14.4. The molecule has 0 aromatic heterocycles. The van der Waals surface area contributed by atoms with Gasteiger partial charge in [0.25, 0.3) is 0 Å². The Kier molecular flexibility index (Phi) is 10.1. The maximum atomic E-state index is 15.6. The van der Waals surface area contributed by atoms with Crippen LogP contribution in [0.4, 0.5) is 14.5 Å². The maximum absolute atomic E-state index is 15.6. The van der Waals surface area contributed by atoms with Crippen LogP contribution in [-0.4, -0.2) is 38.8 Å². The number of carbonyl (C=O) groups excluding carboxylic acids is 2. The van der Waals surface area contributed by atoms with Crippen LogP contribution in [0.5, 0.6) is 5.75 Å². The highest BCUT2D eigenvalue weighted by molar-refractivity contribution is 6.77. The average Bonchev–Trinajstić information content (AvgIpc) is 3.22. The van der Waals surface area contributed by atoms with Crippen LogP contribution in [0.3, 0.4) is 0 Å². The molecule has 3 aromatic carbocycles. The number of hydrogen-bond acceptors (Lipinski definition) is 4. The van der Waals surface area contributed by atoms with E-state index >= 15 is 4.39 Å². The van der Waals surface area contributed by atoms with Crippen LogP contribution in [0, 0.1) is 11.6 Å². The minimum Gasteiger partial charge on any atom is -0.491 e. The Morgan fingerprint density at radius 3 is 2.25 bits per heavy atom. The number of amides is 2. The molecule has 1 unspecified atom stereocenters. The van der Waals surface area contributed by atoms with E-state index in [1.54, 1.807) is 63.4 Å². The fourth-order valence-electron chi connectivity index (χ4n) is 5.77. The van der Waals surface area contributed by atoms with Crippen LogP contribution in [-0.2, 0) is 19.7 Å². The number of anilines is 1. The fourth-order valence-corrected chi connectivity index (χ4v) is 6.85. The number of hydrogen-bond donors (Lipinski definition) is 2. The molecule has 1 fully saturated rings. The van der Waals surface area contributed by atoms with E-state index in [1.165, 1.54) is 6.07 Å². The Balaban J connectivity index is 0.000000488. The van der Waals surface area contributed by atoms with E-state index in [0.29, 0.717) is 32.6 Å². The Labute approximate surface area is 268 Å². The van der Waals surface area contributed by atoms with Gasteiger partial charge in [0.15, 0.2) is 11.6 Å². The second kappa shape index (κ2) is 13.2. The van der Waals surface area contributed by atoms with E-state index in [1.807, 2.05) is 0 Å². The predicted octanol–water partition coefficient (Wildman–Crippen LogP) is 8.19. The van der Waals surface area contributed by atoms with Gasteiger partial charge >= 0.3 is 0 Å². The van der Waals surface area contributed by atoms with Gasteiger partial charge in [-0.15, -0.1) is 0 Å². The molecule has 1 spiro atoms. The van der Waals surface area contributed by atoms with Crippen LogP contribution < -0.4 is 15.4 Å². The molecule has 0 saturated carbocycles. The zero-order valence-electron chi connectivity index (χ0n) is 25.9. The molecule has 0 aliphatic carbocycles. The van der Waals surface area contributed by atoms with Crippen molar-refractivity contribution in [3.8, 4) is 5.75 Å². The molecule has 5 rings (SSSR count). The van der Waals surface area contributed by atoms with Crippen molar-refractivity contribution in [2.75, 3.05) is 12.4 Å². The summed E-state index contributed by atoms with van der Waals surface area (Å²) in [4.78, 5) is 27.1. The zero-order valence-corrected chi connectivity index (χ0v) is 28.4. The van der Waals surface area contributed by atoms with Crippen molar-refractivity contribution in [2.45, 2.75) is 76.0 Å². The van der Waals surface area contributed by atoms with Crippen molar-refractivity contribution in [3.63, 3.8) is 0 Å². The number of rotatable bonds is 6. The third-order valence-electron chi connectivity index (χ3n) is 8.32. The molecular formula is C33H38Cl2F2N2O4Si. The molecule has 4 atom stereocenters. The van der Waals surface area contributed by atoms with Gasteiger partial charge in [0.05, 0.1) is 25.8 Å². The number of benzene rings is 3. The van der Waals surface area contributed by atoms with Crippen molar-refractivity contribution in [1.29, 1.82) is 0 Å². The molecular weight excluding hydrogens is 625 g/mol. The Hall–Kier alpha value is -2.98. The lowest BCUT2D eigenvalue weighted by Gasteiger charge is -2.46. The van der Waals surface area contributed by atoms with E-state index in [-0.39, 0.29) is 23.8 Å². The van der Waals surface area contributed by atoms with Gasteiger partial charge in [-0.3, -0.25) is 9.59 Å². The van der Waals surface area contributed by atoms with Gasteiger partial charge in [0.2, 0.25) is 11.8 Å². The molecule has 3 aromatic rings. The lowest BCUT2D eigenvalue weighted by Crippen LogP contribution is -2.57. The zero-order chi connectivity index (χ0) is 32.6. The van der Waals surface area contributed by atoms with Gasteiger partial charge < -0.3 is 20.1 Å². The molecule has 0 bridgehead atoms. The molecule has 11 heteroatoms. The molecule has 236 valence electrons. The van der Waals surface area contributed by atoms with Gasteiger partial charge in [-0.25, -0.2) is 8.78 Å². The van der Waals surface area contributed by atoms with Crippen LogP contribution in [0.2, 0.25) is 29.7 Å². The van der Waals surface area contributed by atoms with Gasteiger partial charge in [-0.05, 0) is 68.3 Å². The van der Waals surface area contributed by atoms with Crippen molar-refractivity contribution in [2.24, 2.45) is 0 Å². The number of carbonyl (C=O) groups is 2. The summed E-state index contributed by atoms with van der Waals surface area (Å²) >= 11 is 12.5. The van der Waals surface area contributed by atoms with Crippen molar-refractivity contribution >= 4 is 48.8 Å². The molecule has 2 N–H and O–H groups in total. The monoisotopic (exact) mass is 662 g/mol. The lowest BCUT2D eigenvalue weighted by atomic mass is 9.59. The minimum atomic E-state index is -1.55. The third kappa shape index (κ3) is 6.52. The summed E-state index contributed by atoms with van der Waals surface area (Å²) in [7, 11) is 0.798. The number of ether oxygens (including phenoxy) is 2. The van der Waals surface area contributed by atoms with Gasteiger partial charge in [-0.2, -0.15) is 0 Å². The van der Waals surface area contributed by atoms with E-state index in [0.717, 1.165) is 6.07 Å². The standard InChI is InChI=1S/C27H22Cl2F2N2O3.C6H16OSi/c1-13(2)36-21-9-8-19(30)24(31)23(21)25-27(17-7-6-16(29)11-20(17)32-26(27)35)18(12-22(34)33-25)14-4-3-5-15(28)10-14;1-6(7-2)8(3,4)5/h3-11,13,18,25H,12H2,1-2H3,(H,32,35)(H,33,34);6H,1-5H3/t18-,25-,27-;/m0./s1. The molecule has 6 nitrogen and oxygen atoms in total. The second-order valence-corrected chi connectivity index (χ2v) is 18.9. The first-order chi connectivity index (χ1) is 20.6. The van der Waals surface area contributed by atoms with Crippen LogP contribution in [0.25, 0.3) is 0 Å². The summed E-state index contributed by atoms with van der Waals surface area (Å²) < 4.78 is 41.3. The van der Waals surface area contributed by atoms with Gasteiger partial charge in [0.1, 0.15) is 11.2 Å². The van der Waals surface area contributed by atoms with E-state index in [9.17, 15) is 14.0 Å². The summed E-state index contributed by atoms with van der Waals surface area (Å²) in [5.74, 6) is -3.94. The molecule has 44 heavy (non-hydrogen) atoms. The van der Waals surface area contributed by atoms with Crippen molar-refractivity contribution < 1.29 is 27.8 Å². The van der Waals surface area contributed by atoms with Crippen LogP contribution in [0.15, 0.2) is 54.6 Å². The first kappa shape index (κ1) is 33.9. The van der Waals surface area contributed by atoms with E-state index in [4.69, 9.17) is 32.7 Å². The summed E-state index contributed by atoms with van der Waals surface area (Å²) in [6, 6.07) is 12.7. The fraction of sp³-hybridized carbons (Fsp3) is 0.394. The highest BCUT2D eigenvalue weighted by atomic mass is 35.5. The molecule has 2 heterocycles. The minimum absolute atomic E-state index is 0.0375. The SMILES string of the molecule is CC(C)Oc1ccc(F)c(F)c1[C@@H]1NC(=O)C[C@@H](c2cccc(Cl)c2)[C@]12C(=O)Nc1cc(Cl)ccc12.COC(C)[Si](C)(C)C. The van der Waals surface area contributed by atoms with Gasteiger partial charge in [-0.1, -0.05) is 61.0 Å². The number of piperidine rings is 1. The Morgan fingerprint density at radius 2 is 1.66 bits per heavy atom. The summed E-state index contributed by atoms with van der Waals surface area (Å²) in [6.45, 7) is 12.6. The van der Waals surface area contributed by atoms with E-state index in [2.05, 4.69) is 37.2 Å². The Morgan fingerprint density at radius 1 is 0.977 bits per heavy atom. The second-order valence-electron chi connectivity index (χ2n) is 12.5. The summed E-state index contributed by atoms with van der Waals surface area (Å²) in [6.07, 6.45) is -0.458. The number of fused-ring (bicyclic) bond motifs is 2. The topological polar surface area (TPSA) is 76.7 Å². The molecule has 2 aliphatic rings. The number of methoxy groups -OCH3 is 1.